The van der Waals surface area contributed by atoms with E-state index in [1.807, 2.05) is 54.2 Å². The number of aromatic nitrogens is 2. The van der Waals surface area contributed by atoms with E-state index < -0.39 is 0 Å². The van der Waals surface area contributed by atoms with Crippen LogP contribution in [0.4, 0.5) is 0 Å². The Morgan fingerprint density at radius 3 is 2.77 bits per heavy atom. The second-order valence-electron chi connectivity index (χ2n) is 5.04. The molecule has 1 aromatic carbocycles. The summed E-state index contributed by atoms with van der Waals surface area (Å²) in [5.41, 5.74) is 1.06. The molecule has 0 unspecified atom stereocenters. The van der Waals surface area contributed by atoms with Gasteiger partial charge in [0.15, 0.2) is 0 Å². The van der Waals surface area contributed by atoms with E-state index in [2.05, 4.69) is 10.4 Å². The molecule has 0 saturated carbocycles. The number of carbonyl (C=O) groups is 1. The van der Waals surface area contributed by atoms with E-state index in [0.29, 0.717) is 19.8 Å². The normalized spacial score (nSPS) is 12.0. The molecule has 2 rings (SSSR count). The predicted octanol–water partition coefficient (Wildman–Crippen LogP) is 2.21. The highest BCUT2D eigenvalue weighted by Crippen LogP contribution is 2.18. The molecule has 0 spiro atoms. The summed E-state index contributed by atoms with van der Waals surface area (Å²) in [6.07, 6.45) is 4.43. The molecular formula is C17H23N3O2. The van der Waals surface area contributed by atoms with Crippen LogP contribution in [0.2, 0.25) is 0 Å². The Balaban J connectivity index is 1.64. The molecule has 1 aromatic heterocycles. The zero-order valence-corrected chi connectivity index (χ0v) is 12.9. The molecule has 0 saturated heterocycles. The van der Waals surface area contributed by atoms with Crippen LogP contribution in [0.15, 0.2) is 48.8 Å². The molecule has 0 aliphatic rings. The number of ether oxygens (including phenoxy) is 1. The average Bonchev–Trinajstić information content (AvgIpc) is 3.06. The van der Waals surface area contributed by atoms with E-state index in [1.54, 1.807) is 6.20 Å². The summed E-state index contributed by atoms with van der Waals surface area (Å²) >= 11 is 0. The summed E-state index contributed by atoms with van der Waals surface area (Å²) in [4.78, 5) is 12.2. The second kappa shape index (κ2) is 9.00. The van der Waals surface area contributed by atoms with Gasteiger partial charge in [0, 0.05) is 18.9 Å². The number of rotatable bonds is 9. The van der Waals surface area contributed by atoms with Gasteiger partial charge in [-0.3, -0.25) is 9.48 Å². The molecular weight excluding hydrogens is 278 g/mol. The minimum Gasteiger partial charge on any atom is -0.378 e. The maximum atomic E-state index is 12.2. The molecule has 22 heavy (non-hydrogen) atoms. The van der Waals surface area contributed by atoms with Crippen LogP contribution in [0, 0.1) is 0 Å². The monoisotopic (exact) mass is 301 g/mol. The lowest BCUT2D eigenvalue weighted by molar-refractivity contribution is -0.122. The van der Waals surface area contributed by atoms with E-state index in [9.17, 15) is 4.79 Å². The topological polar surface area (TPSA) is 56.1 Å². The second-order valence-corrected chi connectivity index (χ2v) is 5.04. The van der Waals surface area contributed by atoms with Gasteiger partial charge in [0.25, 0.3) is 0 Å². The summed E-state index contributed by atoms with van der Waals surface area (Å²) in [5.74, 6) is -0.0327. The van der Waals surface area contributed by atoms with Crippen LogP contribution in [0.3, 0.4) is 0 Å². The van der Waals surface area contributed by atoms with Crippen molar-refractivity contribution in [3.05, 3.63) is 54.4 Å². The van der Waals surface area contributed by atoms with Crippen molar-refractivity contribution < 1.29 is 9.53 Å². The Bertz CT molecular complexity index is 540. The largest absolute Gasteiger partial charge is 0.378 e. The first-order valence-electron chi connectivity index (χ1n) is 7.69. The molecule has 0 fully saturated rings. The van der Waals surface area contributed by atoms with Crippen molar-refractivity contribution in [2.24, 2.45) is 0 Å². The molecule has 0 aliphatic heterocycles. The number of amides is 1. The molecule has 5 heteroatoms. The first-order valence-corrected chi connectivity index (χ1v) is 7.69. The molecule has 0 bridgehead atoms. The van der Waals surface area contributed by atoms with Crippen LogP contribution in [-0.2, 0) is 16.1 Å². The highest BCUT2D eigenvalue weighted by Gasteiger charge is 2.17. The highest BCUT2D eigenvalue weighted by molar-refractivity contribution is 5.83. The number of nitrogens with zero attached hydrogens (tertiary/aromatic N) is 2. The van der Waals surface area contributed by atoms with Crippen molar-refractivity contribution in [1.82, 2.24) is 15.1 Å². The summed E-state index contributed by atoms with van der Waals surface area (Å²) in [6, 6.07) is 11.8. The smallest absolute Gasteiger partial charge is 0.227 e. The molecule has 1 heterocycles. The van der Waals surface area contributed by atoms with Gasteiger partial charge in [-0.15, -0.1) is 0 Å². The Labute approximate surface area is 131 Å². The standard InChI is InChI=1S/C17H23N3O2/c1-2-16(15-7-4-3-5-8-15)17(21)18-10-13-22-14-12-20-11-6-9-19-20/h3-9,11,16H,2,10,12-14H2,1H3,(H,18,21)/t16-/m0/s1. The lowest BCUT2D eigenvalue weighted by Gasteiger charge is -2.15. The van der Waals surface area contributed by atoms with Gasteiger partial charge in [-0.05, 0) is 18.1 Å². The zero-order valence-electron chi connectivity index (χ0n) is 12.9. The van der Waals surface area contributed by atoms with Crippen LogP contribution in [0.25, 0.3) is 0 Å². The fourth-order valence-corrected chi connectivity index (χ4v) is 2.32. The van der Waals surface area contributed by atoms with Crippen molar-refractivity contribution >= 4 is 5.91 Å². The van der Waals surface area contributed by atoms with E-state index in [1.165, 1.54) is 0 Å². The molecule has 1 amide bonds. The molecule has 5 nitrogen and oxygen atoms in total. The minimum absolute atomic E-state index is 0.0596. The van der Waals surface area contributed by atoms with Crippen LogP contribution >= 0.6 is 0 Å². The van der Waals surface area contributed by atoms with E-state index in [4.69, 9.17) is 4.74 Å². The van der Waals surface area contributed by atoms with Gasteiger partial charge >= 0.3 is 0 Å². The first-order chi connectivity index (χ1) is 10.8. The van der Waals surface area contributed by atoms with Crippen molar-refractivity contribution in [2.45, 2.75) is 25.8 Å². The van der Waals surface area contributed by atoms with E-state index >= 15 is 0 Å². The van der Waals surface area contributed by atoms with Gasteiger partial charge in [-0.1, -0.05) is 37.3 Å². The van der Waals surface area contributed by atoms with Gasteiger partial charge in [0.1, 0.15) is 0 Å². The third kappa shape index (κ3) is 5.00. The third-order valence-corrected chi connectivity index (χ3v) is 3.50. The van der Waals surface area contributed by atoms with Gasteiger partial charge in [0.2, 0.25) is 5.91 Å². The van der Waals surface area contributed by atoms with Crippen molar-refractivity contribution in [3.63, 3.8) is 0 Å². The van der Waals surface area contributed by atoms with Crippen LogP contribution in [-0.4, -0.2) is 35.4 Å². The van der Waals surface area contributed by atoms with Crippen LogP contribution < -0.4 is 5.32 Å². The fraction of sp³-hybridized carbons (Fsp3) is 0.412. The predicted molar refractivity (Wildman–Crippen MR) is 85.5 cm³/mol. The van der Waals surface area contributed by atoms with Crippen molar-refractivity contribution in [3.8, 4) is 0 Å². The fourth-order valence-electron chi connectivity index (χ4n) is 2.32. The van der Waals surface area contributed by atoms with Crippen LogP contribution in [0.1, 0.15) is 24.8 Å². The van der Waals surface area contributed by atoms with Gasteiger partial charge < -0.3 is 10.1 Å². The Hall–Kier alpha value is -2.14. The van der Waals surface area contributed by atoms with E-state index in [0.717, 1.165) is 18.5 Å². The molecule has 118 valence electrons. The Morgan fingerprint density at radius 2 is 2.09 bits per heavy atom. The summed E-state index contributed by atoms with van der Waals surface area (Å²) in [6.45, 7) is 4.38. The summed E-state index contributed by atoms with van der Waals surface area (Å²) in [7, 11) is 0. The quantitative estimate of drug-likeness (QED) is 0.723. The lowest BCUT2D eigenvalue weighted by Crippen LogP contribution is -2.32. The van der Waals surface area contributed by atoms with Gasteiger partial charge in [0.05, 0.1) is 25.7 Å². The molecule has 0 radical (unpaired) electrons. The summed E-state index contributed by atoms with van der Waals surface area (Å²) in [5, 5.41) is 7.04. The van der Waals surface area contributed by atoms with Crippen molar-refractivity contribution in [2.75, 3.05) is 19.8 Å². The van der Waals surface area contributed by atoms with E-state index in [-0.39, 0.29) is 11.8 Å². The molecule has 1 N–H and O–H groups in total. The minimum atomic E-state index is -0.0923. The number of hydrogen-bond donors (Lipinski definition) is 1. The molecule has 2 aromatic rings. The molecule has 1 atom stereocenters. The highest BCUT2D eigenvalue weighted by atomic mass is 16.5. The maximum absolute atomic E-state index is 12.2. The Morgan fingerprint density at radius 1 is 1.27 bits per heavy atom. The number of nitrogens with one attached hydrogen (secondary N) is 1. The molecule has 0 aliphatic carbocycles. The number of hydrogen-bond acceptors (Lipinski definition) is 3. The maximum Gasteiger partial charge on any atom is 0.227 e. The SMILES string of the molecule is CC[C@H](C(=O)NCCOCCn1cccn1)c1ccccc1. The van der Waals surface area contributed by atoms with Crippen molar-refractivity contribution in [1.29, 1.82) is 0 Å². The van der Waals surface area contributed by atoms with Gasteiger partial charge in [-0.25, -0.2) is 0 Å². The third-order valence-electron chi connectivity index (χ3n) is 3.50. The van der Waals surface area contributed by atoms with Gasteiger partial charge in [-0.2, -0.15) is 5.10 Å². The number of benzene rings is 1. The first kappa shape index (κ1) is 16.2. The summed E-state index contributed by atoms with van der Waals surface area (Å²) < 4.78 is 7.32. The van der Waals surface area contributed by atoms with Crippen LogP contribution in [0.5, 0.6) is 0 Å². The number of carbonyl (C=O) groups excluding carboxylic acids is 1. The Kier molecular flexibility index (Phi) is 6.64. The zero-order chi connectivity index (χ0) is 15.6. The average molecular weight is 301 g/mol. The lowest BCUT2D eigenvalue weighted by atomic mass is 9.96.